The minimum Gasteiger partial charge on any atom is -0.379 e. The van der Waals surface area contributed by atoms with Gasteiger partial charge in [0.15, 0.2) is 0 Å². The summed E-state index contributed by atoms with van der Waals surface area (Å²) in [5, 5.41) is 17.5. The zero-order chi connectivity index (χ0) is 15.1. The fraction of sp³-hybridized carbons (Fsp3) is 0.600. The molecule has 0 bridgehead atoms. The molecule has 116 valence electrons. The number of nitro benzene ring substituents is 1. The summed E-state index contributed by atoms with van der Waals surface area (Å²) >= 11 is 0. The second-order valence-corrected chi connectivity index (χ2v) is 5.33. The van der Waals surface area contributed by atoms with Gasteiger partial charge in [0.2, 0.25) is 0 Å². The van der Waals surface area contributed by atoms with Crippen molar-refractivity contribution in [3.8, 4) is 0 Å². The topological polar surface area (TPSA) is 76.4 Å². The maximum absolute atomic E-state index is 11.3. The largest absolute Gasteiger partial charge is 0.379 e. The van der Waals surface area contributed by atoms with Crippen LogP contribution < -0.4 is 10.6 Å². The van der Waals surface area contributed by atoms with Crippen LogP contribution in [-0.4, -0.2) is 31.2 Å². The van der Waals surface area contributed by atoms with Gasteiger partial charge in [0.05, 0.1) is 11.5 Å². The summed E-state index contributed by atoms with van der Waals surface area (Å²) in [5.74, 6) is 0.737. The van der Waals surface area contributed by atoms with Gasteiger partial charge in [0.25, 0.3) is 0 Å². The zero-order valence-electron chi connectivity index (χ0n) is 12.4. The Morgan fingerprint density at radius 1 is 1.29 bits per heavy atom. The van der Waals surface area contributed by atoms with Gasteiger partial charge < -0.3 is 15.4 Å². The number of ether oxygens (including phenoxy) is 1. The first-order valence-corrected chi connectivity index (χ1v) is 7.55. The third kappa shape index (κ3) is 4.90. The van der Waals surface area contributed by atoms with E-state index in [1.807, 2.05) is 13.0 Å². The molecule has 1 aromatic carbocycles. The van der Waals surface area contributed by atoms with Gasteiger partial charge in [-0.05, 0) is 37.3 Å². The van der Waals surface area contributed by atoms with E-state index in [0.717, 1.165) is 25.5 Å². The van der Waals surface area contributed by atoms with Crippen LogP contribution in [0.3, 0.4) is 0 Å². The summed E-state index contributed by atoms with van der Waals surface area (Å²) in [4.78, 5) is 10.9. The van der Waals surface area contributed by atoms with E-state index in [9.17, 15) is 10.1 Å². The Balaban J connectivity index is 1.91. The average molecular weight is 293 g/mol. The van der Waals surface area contributed by atoms with Crippen molar-refractivity contribution in [3.05, 3.63) is 28.3 Å². The Hall–Kier alpha value is -1.82. The molecule has 6 nitrogen and oxygen atoms in total. The summed E-state index contributed by atoms with van der Waals surface area (Å²) < 4.78 is 5.53. The first-order chi connectivity index (χ1) is 10.2. The van der Waals surface area contributed by atoms with Crippen LogP contribution >= 0.6 is 0 Å². The highest BCUT2D eigenvalue weighted by Gasteiger charge is 2.21. The molecule has 0 spiro atoms. The quantitative estimate of drug-likeness (QED) is 0.393. The number of benzene rings is 1. The standard InChI is InChI=1S/C15H23N3O3/c1-2-8-16-13-4-3-5-14(15(13)18(19)20)17-9-10-21-11-12-6-7-12/h3-5,12,16-17H,2,6-11H2,1H3. The van der Waals surface area contributed by atoms with Gasteiger partial charge in [0, 0.05) is 19.7 Å². The van der Waals surface area contributed by atoms with Gasteiger partial charge in [-0.1, -0.05) is 13.0 Å². The molecule has 0 aromatic heterocycles. The third-order valence-electron chi connectivity index (χ3n) is 3.40. The Morgan fingerprint density at radius 3 is 2.52 bits per heavy atom. The van der Waals surface area contributed by atoms with Gasteiger partial charge in [-0.25, -0.2) is 0 Å². The maximum Gasteiger partial charge on any atom is 0.315 e. The molecule has 2 rings (SSSR count). The average Bonchev–Trinajstić information content (AvgIpc) is 3.28. The Kier molecular flexibility index (Phi) is 5.80. The summed E-state index contributed by atoms with van der Waals surface area (Å²) in [6.45, 7) is 4.69. The van der Waals surface area contributed by atoms with E-state index in [4.69, 9.17) is 4.74 Å². The molecule has 0 heterocycles. The highest BCUT2D eigenvalue weighted by molar-refractivity contribution is 5.76. The molecule has 6 heteroatoms. The number of nitro groups is 1. The molecule has 1 aliphatic carbocycles. The molecular formula is C15H23N3O3. The van der Waals surface area contributed by atoms with E-state index >= 15 is 0 Å². The minimum absolute atomic E-state index is 0.105. The van der Waals surface area contributed by atoms with Crippen LogP contribution in [0.25, 0.3) is 0 Å². The number of nitrogens with zero attached hydrogens (tertiary/aromatic N) is 1. The summed E-state index contributed by atoms with van der Waals surface area (Å²) in [6.07, 6.45) is 3.46. The van der Waals surface area contributed by atoms with Crippen molar-refractivity contribution in [3.63, 3.8) is 0 Å². The van der Waals surface area contributed by atoms with E-state index in [1.165, 1.54) is 12.8 Å². The second-order valence-electron chi connectivity index (χ2n) is 5.33. The molecule has 1 saturated carbocycles. The summed E-state index contributed by atoms with van der Waals surface area (Å²) in [7, 11) is 0. The molecule has 0 saturated heterocycles. The molecule has 1 fully saturated rings. The van der Waals surface area contributed by atoms with E-state index < -0.39 is 0 Å². The fourth-order valence-corrected chi connectivity index (χ4v) is 2.08. The smallest absolute Gasteiger partial charge is 0.315 e. The van der Waals surface area contributed by atoms with Crippen LogP contribution in [0.15, 0.2) is 18.2 Å². The van der Waals surface area contributed by atoms with Crippen LogP contribution in [0.5, 0.6) is 0 Å². The number of para-hydroxylation sites is 1. The molecule has 1 aromatic rings. The molecule has 0 unspecified atom stereocenters. The van der Waals surface area contributed by atoms with Crippen molar-refractivity contribution in [1.82, 2.24) is 0 Å². The van der Waals surface area contributed by atoms with Crippen LogP contribution in [0.4, 0.5) is 17.1 Å². The molecule has 0 amide bonds. The predicted molar refractivity (Wildman–Crippen MR) is 83.9 cm³/mol. The number of rotatable bonds is 10. The van der Waals surface area contributed by atoms with Gasteiger partial charge in [-0.15, -0.1) is 0 Å². The van der Waals surface area contributed by atoms with Gasteiger partial charge in [-0.2, -0.15) is 0 Å². The minimum atomic E-state index is -0.342. The van der Waals surface area contributed by atoms with Crippen molar-refractivity contribution in [2.75, 3.05) is 36.9 Å². The normalized spacial score (nSPS) is 14.0. The highest BCUT2D eigenvalue weighted by Crippen LogP contribution is 2.32. The van der Waals surface area contributed by atoms with Gasteiger partial charge in [0.1, 0.15) is 11.4 Å². The van der Waals surface area contributed by atoms with Gasteiger partial charge in [-0.3, -0.25) is 10.1 Å². The molecule has 0 radical (unpaired) electrons. The van der Waals surface area contributed by atoms with Crippen LogP contribution in [0.2, 0.25) is 0 Å². The Morgan fingerprint density at radius 2 is 1.95 bits per heavy atom. The summed E-state index contributed by atoms with van der Waals surface area (Å²) in [5.41, 5.74) is 1.20. The van der Waals surface area contributed by atoms with E-state index in [2.05, 4.69) is 10.6 Å². The lowest BCUT2D eigenvalue weighted by Crippen LogP contribution is -2.12. The van der Waals surface area contributed by atoms with Crippen LogP contribution in [0, 0.1) is 16.0 Å². The number of hydrogen-bond donors (Lipinski definition) is 2. The van der Waals surface area contributed by atoms with Crippen LogP contribution in [-0.2, 0) is 4.74 Å². The lowest BCUT2D eigenvalue weighted by molar-refractivity contribution is -0.383. The van der Waals surface area contributed by atoms with Crippen molar-refractivity contribution in [2.45, 2.75) is 26.2 Å². The van der Waals surface area contributed by atoms with Crippen molar-refractivity contribution < 1.29 is 9.66 Å². The number of anilines is 2. The lowest BCUT2D eigenvalue weighted by atomic mass is 10.2. The Labute approximate surface area is 125 Å². The van der Waals surface area contributed by atoms with E-state index in [-0.39, 0.29) is 10.6 Å². The molecule has 0 aliphatic heterocycles. The molecule has 2 N–H and O–H groups in total. The van der Waals surface area contributed by atoms with Crippen molar-refractivity contribution >= 4 is 17.1 Å². The van der Waals surface area contributed by atoms with Crippen LogP contribution in [0.1, 0.15) is 26.2 Å². The lowest BCUT2D eigenvalue weighted by Gasteiger charge is -2.11. The first kappa shape index (κ1) is 15.6. The number of hydrogen-bond acceptors (Lipinski definition) is 5. The maximum atomic E-state index is 11.3. The first-order valence-electron chi connectivity index (χ1n) is 7.55. The SMILES string of the molecule is CCCNc1cccc(NCCOCC2CC2)c1[N+](=O)[O-]. The molecular weight excluding hydrogens is 270 g/mol. The highest BCUT2D eigenvalue weighted by atomic mass is 16.6. The monoisotopic (exact) mass is 293 g/mol. The fourth-order valence-electron chi connectivity index (χ4n) is 2.08. The molecule has 0 atom stereocenters. The molecule has 21 heavy (non-hydrogen) atoms. The van der Waals surface area contributed by atoms with Crippen molar-refractivity contribution in [2.24, 2.45) is 5.92 Å². The summed E-state index contributed by atoms with van der Waals surface area (Å²) in [6, 6.07) is 5.29. The Bertz CT molecular complexity index is 475. The van der Waals surface area contributed by atoms with E-state index in [1.54, 1.807) is 12.1 Å². The zero-order valence-corrected chi connectivity index (χ0v) is 12.4. The van der Waals surface area contributed by atoms with E-state index in [0.29, 0.717) is 24.5 Å². The second kappa shape index (κ2) is 7.83. The van der Waals surface area contributed by atoms with Gasteiger partial charge >= 0.3 is 5.69 Å². The predicted octanol–water partition coefficient (Wildman–Crippen LogP) is 3.26. The third-order valence-corrected chi connectivity index (χ3v) is 3.40. The van der Waals surface area contributed by atoms with Crippen molar-refractivity contribution in [1.29, 1.82) is 0 Å². The number of nitrogens with one attached hydrogen (secondary N) is 2. The molecule has 1 aliphatic rings.